The minimum absolute atomic E-state index is 0.180. The van der Waals surface area contributed by atoms with Crippen molar-refractivity contribution in [2.75, 3.05) is 35.8 Å². The average Bonchev–Trinajstić information content (AvgIpc) is 3.15. The van der Waals surface area contributed by atoms with E-state index in [4.69, 9.17) is 16.6 Å². The van der Waals surface area contributed by atoms with Crippen molar-refractivity contribution < 1.29 is 8.42 Å². The zero-order valence-corrected chi connectivity index (χ0v) is 20.4. The molecule has 0 bridgehead atoms. The van der Waals surface area contributed by atoms with Crippen LogP contribution in [-0.4, -0.2) is 49.0 Å². The molecular formula is C25H26ClN5O2S. The van der Waals surface area contributed by atoms with Gasteiger partial charge in [-0.15, -0.1) is 0 Å². The fourth-order valence-electron chi connectivity index (χ4n) is 4.34. The number of nitrogens with zero attached hydrogens (tertiary/aromatic N) is 4. The Morgan fingerprint density at radius 3 is 2.32 bits per heavy atom. The van der Waals surface area contributed by atoms with E-state index in [2.05, 4.69) is 32.2 Å². The van der Waals surface area contributed by atoms with Crippen molar-refractivity contribution in [2.45, 2.75) is 11.4 Å². The number of piperazine rings is 1. The zero-order chi connectivity index (χ0) is 23.7. The molecule has 3 aromatic carbocycles. The maximum absolute atomic E-state index is 12.9. The summed E-state index contributed by atoms with van der Waals surface area (Å²) in [5.41, 5.74) is 3.60. The molecule has 0 spiro atoms. The van der Waals surface area contributed by atoms with Crippen LogP contribution in [0.4, 0.5) is 11.4 Å². The van der Waals surface area contributed by atoms with Crippen molar-refractivity contribution in [1.29, 1.82) is 0 Å². The van der Waals surface area contributed by atoms with Crippen LogP contribution in [0.2, 0.25) is 5.02 Å². The zero-order valence-electron chi connectivity index (χ0n) is 18.9. The Bertz CT molecular complexity index is 1410. The van der Waals surface area contributed by atoms with Gasteiger partial charge in [0.1, 0.15) is 5.82 Å². The number of nitrogens with one attached hydrogen (secondary N) is 1. The van der Waals surface area contributed by atoms with Crippen molar-refractivity contribution in [1.82, 2.24) is 14.5 Å². The number of benzene rings is 3. The Kier molecular flexibility index (Phi) is 6.20. The topological polar surface area (TPSA) is 70.5 Å². The molecule has 1 saturated heterocycles. The van der Waals surface area contributed by atoms with E-state index in [1.807, 2.05) is 36.4 Å². The first-order chi connectivity index (χ1) is 16.4. The summed E-state index contributed by atoms with van der Waals surface area (Å²) in [6.45, 7) is 4.10. The second-order valence-electron chi connectivity index (χ2n) is 8.42. The van der Waals surface area contributed by atoms with Crippen molar-refractivity contribution in [3.05, 3.63) is 83.6 Å². The molecule has 5 rings (SSSR count). The second-order valence-corrected chi connectivity index (χ2v) is 10.5. The van der Waals surface area contributed by atoms with Crippen molar-refractivity contribution in [2.24, 2.45) is 7.05 Å². The number of imidazole rings is 1. The van der Waals surface area contributed by atoms with Crippen molar-refractivity contribution in [3.8, 4) is 0 Å². The van der Waals surface area contributed by atoms with Gasteiger partial charge in [0.05, 0.1) is 33.8 Å². The van der Waals surface area contributed by atoms with E-state index >= 15 is 0 Å². The number of fused-ring (bicyclic) bond motifs is 1. The summed E-state index contributed by atoms with van der Waals surface area (Å²) >= 11 is 5.91. The Morgan fingerprint density at radius 2 is 1.59 bits per heavy atom. The van der Waals surface area contributed by atoms with Crippen LogP contribution < -0.4 is 9.62 Å². The highest BCUT2D eigenvalue weighted by atomic mass is 35.5. The minimum Gasteiger partial charge on any atom is -0.367 e. The lowest BCUT2D eigenvalue weighted by atomic mass is 10.2. The summed E-state index contributed by atoms with van der Waals surface area (Å²) in [5, 5.41) is 0.496. The maximum atomic E-state index is 12.9. The monoisotopic (exact) mass is 495 g/mol. The quantitative estimate of drug-likeness (QED) is 0.430. The standard InChI is InChI=1S/C25H26ClN5O2S/c1-29-23-8-4-2-6-21(23)27-25(29)18-30-14-16-31(17-15-30)24-9-5-3-7-22(24)28-34(32,33)20-12-10-19(26)11-13-20/h2-13,28H,14-18H2,1H3. The van der Waals surface area contributed by atoms with Crippen LogP contribution in [-0.2, 0) is 23.6 Å². The van der Waals surface area contributed by atoms with Gasteiger partial charge in [-0.1, -0.05) is 35.9 Å². The fourth-order valence-corrected chi connectivity index (χ4v) is 5.54. The third-order valence-electron chi connectivity index (χ3n) is 6.23. The summed E-state index contributed by atoms with van der Waals surface area (Å²) in [5.74, 6) is 1.05. The normalized spacial score (nSPS) is 15.1. The van der Waals surface area contributed by atoms with Gasteiger partial charge in [-0.25, -0.2) is 13.4 Å². The van der Waals surface area contributed by atoms with Crippen molar-refractivity contribution >= 4 is 44.0 Å². The Labute approximate surface area is 204 Å². The lowest BCUT2D eigenvalue weighted by Gasteiger charge is -2.36. The van der Waals surface area contributed by atoms with Crippen LogP contribution in [0.15, 0.2) is 77.7 Å². The van der Waals surface area contributed by atoms with E-state index in [9.17, 15) is 8.42 Å². The van der Waals surface area contributed by atoms with Crippen LogP contribution in [0.3, 0.4) is 0 Å². The number of halogens is 1. The molecule has 0 atom stereocenters. The van der Waals surface area contributed by atoms with Gasteiger partial charge in [-0.2, -0.15) is 0 Å². The number of para-hydroxylation sites is 4. The molecule has 9 heteroatoms. The highest BCUT2D eigenvalue weighted by Gasteiger charge is 2.23. The molecule has 4 aromatic rings. The van der Waals surface area contributed by atoms with Gasteiger partial charge in [-0.05, 0) is 48.5 Å². The molecule has 1 aliphatic rings. The lowest BCUT2D eigenvalue weighted by Crippen LogP contribution is -2.46. The van der Waals surface area contributed by atoms with Crippen LogP contribution in [0.1, 0.15) is 5.82 Å². The number of hydrogen-bond acceptors (Lipinski definition) is 5. The first kappa shape index (κ1) is 22.7. The number of aryl methyl sites for hydroxylation is 1. The first-order valence-corrected chi connectivity index (χ1v) is 13.0. The molecule has 1 fully saturated rings. The predicted molar refractivity (Wildman–Crippen MR) is 137 cm³/mol. The highest BCUT2D eigenvalue weighted by molar-refractivity contribution is 7.92. The molecule has 0 aliphatic carbocycles. The summed E-state index contributed by atoms with van der Waals surface area (Å²) in [4.78, 5) is 9.59. The first-order valence-electron chi connectivity index (χ1n) is 11.2. The molecular weight excluding hydrogens is 470 g/mol. The van der Waals surface area contributed by atoms with Crippen molar-refractivity contribution in [3.63, 3.8) is 0 Å². The van der Waals surface area contributed by atoms with Crippen LogP contribution in [0.5, 0.6) is 0 Å². The second kappa shape index (κ2) is 9.29. The summed E-state index contributed by atoms with van der Waals surface area (Å²) in [6.07, 6.45) is 0. The molecule has 0 radical (unpaired) electrons. The number of rotatable bonds is 6. The van der Waals surface area contributed by atoms with E-state index < -0.39 is 10.0 Å². The third kappa shape index (κ3) is 4.61. The summed E-state index contributed by atoms with van der Waals surface area (Å²) in [7, 11) is -1.66. The van der Waals surface area contributed by atoms with E-state index in [0.29, 0.717) is 10.7 Å². The Balaban J connectivity index is 1.28. The molecule has 176 valence electrons. The van der Waals surface area contributed by atoms with E-state index in [-0.39, 0.29) is 4.90 Å². The van der Waals surface area contributed by atoms with Gasteiger partial charge in [0.25, 0.3) is 10.0 Å². The molecule has 0 unspecified atom stereocenters. The molecule has 0 saturated carbocycles. The smallest absolute Gasteiger partial charge is 0.261 e. The number of aromatic nitrogens is 2. The molecule has 2 heterocycles. The number of sulfonamides is 1. The van der Waals surface area contributed by atoms with Crippen LogP contribution >= 0.6 is 11.6 Å². The van der Waals surface area contributed by atoms with Crippen LogP contribution in [0, 0.1) is 0 Å². The van der Waals surface area contributed by atoms with Gasteiger partial charge in [-0.3, -0.25) is 9.62 Å². The van der Waals surface area contributed by atoms with E-state index in [1.165, 1.54) is 12.1 Å². The summed E-state index contributed by atoms with van der Waals surface area (Å²) in [6, 6.07) is 21.9. The molecule has 1 aromatic heterocycles. The van der Waals surface area contributed by atoms with Gasteiger partial charge in [0.2, 0.25) is 0 Å². The average molecular weight is 496 g/mol. The van der Waals surface area contributed by atoms with Gasteiger partial charge in [0.15, 0.2) is 0 Å². The Morgan fingerprint density at radius 1 is 0.912 bits per heavy atom. The third-order valence-corrected chi connectivity index (χ3v) is 7.86. The molecule has 7 nitrogen and oxygen atoms in total. The Hall–Kier alpha value is -3.07. The fraction of sp³-hybridized carbons (Fsp3) is 0.240. The molecule has 1 N–H and O–H groups in total. The molecule has 0 amide bonds. The minimum atomic E-state index is -3.72. The predicted octanol–water partition coefficient (Wildman–Crippen LogP) is 4.35. The lowest BCUT2D eigenvalue weighted by molar-refractivity contribution is 0.242. The van der Waals surface area contributed by atoms with E-state index in [1.54, 1.807) is 18.2 Å². The van der Waals surface area contributed by atoms with E-state index in [0.717, 1.165) is 55.3 Å². The van der Waals surface area contributed by atoms with Gasteiger partial charge >= 0.3 is 0 Å². The highest BCUT2D eigenvalue weighted by Crippen LogP contribution is 2.29. The molecule has 1 aliphatic heterocycles. The SMILES string of the molecule is Cn1c(CN2CCN(c3ccccc3NS(=O)(=O)c3ccc(Cl)cc3)CC2)nc2ccccc21. The van der Waals surface area contributed by atoms with Crippen LogP contribution in [0.25, 0.3) is 11.0 Å². The molecule has 34 heavy (non-hydrogen) atoms. The van der Waals surface area contributed by atoms with Gasteiger partial charge < -0.3 is 9.47 Å². The summed E-state index contributed by atoms with van der Waals surface area (Å²) < 4.78 is 30.7. The largest absolute Gasteiger partial charge is 0.367 e. The van der Waals surface area contributed by atoms with Gasteiger partial charge in [0, 0.05) is 38.2 Å². The number of anilines is 2. The number of hydrogen-bond donors (Lipinski definition) is 1. The maximum Gasteiger partial charge on any atom is 0.261 e.